The summed E-state index contributed by atoms with van der Waals surface area (Å²) in [5.74, 6) is 1.87. The summed E-state index contributed by atoms with van der Waals surface area (Å²) in [5, 5.41) is 1.45. The monoisotopic (exact) mass is 555 g/mol. The van der Waals surface area contributed by atoms with Gasteiger partial charge in [-0.3, -0.25) is 4.79 Å². The van der Waals surface area contributed by atoms with Crippen LogP contribution in [0.25, 0.3) is 10.9 Å². The number of benzene rings is 1. The molecule has 222 valence electrons. The molecule has 0 bridgehead atoms. The zero-order chi connectivity index (χ0) is 29.2. The quantitative estimate of drug-likeness (QED) is 0.296. The molecule has 0 unspecified atom stereocenters. The first kappa shape index (κ1) is 27.8. The molecule has 0 amide bonds. The maximum Gasteiger partial charge on any atom is 0.302 e. The molecule has 0 radical (unpaired) electrons. The van der Waals surface area contributed by atoms with Crippen molar-refractivity contribution in [2.45, 2.75) is 119 Å². The average Bonchev–Trinajstić information content (AvgIpc) is 3.27. The number of fused-ring (bicyclic) bond motifs is 10. The molecule has 41 heavy (non-hydrogen) atoms. The Kier molecular flexibility index (Phi) is 5.78. The maximum absolute atomic E-state index is 12.0. The number of carbonyl (C=O) groups is 1. The largest absolute Gasteiger partial charge is 0.465 e. The Morgan fingerprint density at radius 2 is 1.61 bits per heavy atom. The first-order chi connectivity index (χ1) is 19.2. The summed E-state index contributed by atoms with van der Waals surface area (Å²) < 4.78 is 5.84. The van der Waals surface area contributed by atoms with Gasteiger partial charge in [0.25, 0.3) is 0 Å². The van der Waals surface area contributed by atoms with Gasteiger partial charge < -0.3 is 9.72 Å². The minimum atomic E-state index is -0.129. The molecule has 0 saturated heterocycles. The Hall–Kier alpha value is -2.03. The van der Waals surface area contributed by atoms with Gasteiger partial charge in [0.2, 0.25) is 0 Å². The maximum atomic E-state index is 12.0. The summed E-state index contributed by atoms with van der Waals surface area (Å²) in [7, 11) is 0. The van der Waals surface area contributed by atoms with Gasteiger partial charge in [0.1, 0.15) is 6.61 Å². The summed E-state index contributed by atoms with van der Waals surface area (Å²) in [6.07, 6.45) is 13.9. The molecule has 3 saturated carbocycles. The van der Waals surface area contributed by atoms with Crippen molar-refractivity contribution in [3.8, 4) is 0 Å². The van der Waals surface area contributed by atoms with Crippen LogP contribution in [0.3, 0.4) is 0 Å². The fourth-order valence-electron chi connectivity index (χ4n) is 12.2. The number of hydrogen-bond donors (Lipinski definition) is 1. The fourth-order valence-corrected chi connectivity index (χ4v) is 12.2. The van der Waals surface area contributed by atoms with Crippen molar-refractivity contribution in [2.24, 2.45) is 44.8 Å². The van der Waals surface area contributed by atoms with E-state index in [4.69, 9.17) is 4.74 Å². The molecule has 2 aromatic rings. The highest BCUT2D eigenvalue weighted by molar-refractivity contribution is 5.85. The number of aromatic amines is 1. The Morgan fingerprint density at radius 1 is 0.878 bits per heavy atom. The van der Waals surface area contributed by atoms with E-state index in [1.165, 1.54) is 61.5 Å². The lowest BCUT2D eigenvalue weighted by molar-refractivity contribution is -0.200. The number of ether oxygens (including phenoxy) is 1. The van der Waals surface area contributed by atoms with Gasteiger partial charge in [0.05, 0.1) is 0 Å². The number of nitrogens with one attached hydrogen (secondary N) is 1. The van der Waals surface area contributed by atoms with E-state index in [1.54, 1.807) is 18.1 Å². The standard InChI is InChI=1S/C38H53NO2/c1-24(40)41-23-38-19-17-33(2,3)22-28(38)27-13-14-31-35(6)21-26-25-11-9-10-12-29(25)39-32(26)34(4,5)30(35)15-16-37(31,8)36(27,7)18-20-38/h9-12,22,27,30-31,39H,13-21,23H2,1-8H3/t27-,30+,31-,35+,36-,37-,38-/m1/s1. The van der Waals surface area contributed by atoms with Crippen LogP contribution in [-0.4, -0.2) is 17.6 Å². The van der Waals surface area contributed by atoms with Crippen molar-refractivity contribution >= 4 is 16.9 Å². The van der Waals surface area contributed by atoms with Gasteiger partial charge in [0.15, 0.2) is 0 Å². The lowest BCUT2D eigenvalue weighted by Crippen LogP contribution is -2.65. The lowest BCUT2D eigenvalue weighted by atomic mass is 9.32. The van der Waals surface area contributed by atoms with Crippen molar-refractivity contribution in [3.05, 3.63) is 47.2 Å². The minimum absolute atomic E-state index is 0.0431. The van der Waals surface area contributed by atoms with Gasteiger partial charge in [-0.2, -0.15) is 0 Å². The van der Waals surface area contributed by atoms with Crippen LogP contribution < -0.4 is 0 Å². The van der Waals surface area contributed by atoms with E-state index in [2.05, 4.69) is 83.8 Å². The van der Waals surface area contributed by atoms with Crippen molar-refractivity contribution in [1.82, 2.24) is 4.98 Å². The van der Waals surface area contributed by atoms with Gasteiger partial charge in [-0.25, -0.2) is 0 Å². The minimum Gasteiger partial charge on any atom is -0.465 e. The molecule has 1 aromatic carbocycles. The van der Waals surface area contributed by atoms with E-state index < -0.39 is 0 Å². The predicted octanol–water partition coefficient (Wildman–Crippen LogP) is 9.55. The van der Waals surface area contributed by atoms with Crippen LogP contribution in [0.1, 0.15) is 118 Å². The van der Waals surface area contributed by atoms with Crippen molar-refractivity contribution in [3.63, 3.8) is 0 Å². The molecule has 5 aliphatic carbocycles. The summed E-state index contributed by atoms with van der Waals surface area (Å²) in [5.41, 5.74) is 7.35. The zero-order valence-corrected chi connectivity index (χ0v) is 27.0. The van der Waals surface area contributed by atoms with Crippen LogP contribution in [0, 0.1) is 44.8 Å². The highest BCUT2D eigenvalue weighted by Crippen LogP contribution is 2.76. The van der Waals surface area contributed by atoms with E-state index in [-0.39, 0.29) is 33.0 Å². The van der Waals surface area contributed by atoms with E-state index in [1.807, 2.05) is 0 Å². The Balaban J connectivity index is 1.31. The third kappa shape index (κ3) is 3.59. The predicted molar refractivity (Wildman–Crippen MR) is 168 cm³/mol. The van der Waals surface area contributed by atoms with E-state index >= 15 is 0 Å². The highest BCUT2D eigenvalue weighted by Gasteiger charge is 2.69. The van der Waals surface area contributed by atoms with Crippen molar-refractivity contribution in [2.75, 3.05) is 6.61 Å². The molecule has 5 aliphatic rings. The van der Waals surface area contributed by atoms with Gasteiger partial charge in [-0.1, -0.05) is 78.3 Å². The molecule has 3 heteroatoms. The number of hydrogen-bond acceptors (Lipinski definition) is 2. The molecule has 1 heterocycles. The molecular weight excluding hydrogens is 502 g/mol. The van der Waals surface area contributed by atoms with Gasteiger partial charge in [0, 0.05) is 34.4 Å². The number of carbonyl (C=O) groups excluding carboxylic acids is 1. The van der Waals surface area contributed by atoms with Crippen LogP contribution in [0.5, 0.6) is 0 Å². The van der Waals surface area contributed by atoms with Gasteiger partial charge >= 0.3 is 5.97 Å². The molecule has 7 atom stereocenters. The number of esters is 1. The topological polar surface area (TPSA) is 42.1 Å². The number of rotatable bonds is 2. The summed E-state index contributed by atoms with van der Waals surface area (Å²) in [4.78, 5) is 15.9. The normalized spacial score (nSPS) is 42.1. The average molecular weight is 556 g/mol. The third-order valence-corrected chi connectivity index (χ3v) is 14.5. The second kappa shape index (κ2) is 8.54. The summed E-state index contributed by atoms with van der Waals surface area (Å²) in [6, 6.07) is 9.02. The molecular formula is C38H53NO2. The first-order valence-electron chi connectivity index (χ1n) is 16.6. The lowest BCUT2D eigenvalue weighted by Gasteiger charge is -2.72. The highest BCUT2D eigenvalue weighted by atomic mass is 16.5. The van der Waals surface area contributed by atoms with Crippen molar-refractivity contribution in [1.29, 1.82) is 0 Å². The van der Waals surface area contributed by atoms with E-state index in [9.17, 15) is 4.79 Å². The van der Waals surface area contributed by atoms with E-state index in [0.29, 0.717) is 29.8 Å². The smallest absolute Gasteiger partial charge is 0.302 e. The Labute approximate surface area is 248 Å². The number of allylic oxidation sites excluding steroid dienone is 1. The first-order valence-corrected chi connectivity index (χ1v) is 16.6. The second-order valence-electron chi connectivity index (χ2n) is 17.2. The van der Waals surface area contributed by atoms with Gasteiger partial charge in [-0.15, -0.1) is 0 Å². The zero-order valence-electron chi connectivity index (χ0n) is 27.0. The molecule has 3 fully saturated rings. The SMILES string of the molecule is CC(=O)OC[C@]12CCC(C)(C)C=C1[C@H]1CC[C@@H]3[C@@]4(C)Cc5c([nH]c6ccccc56)C(C)(C)[C@@H]4CC[C@@]3(C)[C@]1(C)CC2. The third-order valence-electron chi connectivity index (χ3n) is 14.5. The Morgan fingerprint density at radius 3 is 2.37 bits per heavy atom. The van der Waals surface area contributed by atoms with Crippen LogP contribution in [-0.2, 0) is 21.4 Å². The Bertz CT molecular complexity index is 1440. The number of para-hydroxylation sites is 1. The van der Waals surface area contributed by atoms with Crippen LogP contribution in [0.2, 0.25) is 0 Å². The molecule has 0 aliphatic heterocycles. The van der Waals surface area contributed by atoms with Crippen LogP contribution in [0.15, 0.2) is 35.9 Å². The van der Waals surface area contributed by atoms with Crippen LogP contribution >= 0.6 is 0 Å². The molecule has 7 rings (SSSR count). The fraction of sp³-hybridized carbons (Fsp3) is 0.711. The molecule has 0 spiro atoms. The molecule has 1 aromatic heterocycles. The molecule has 1 N–H and O–H groups in total. The van der Waals surface area contributed by atoms with E-state index in [0.717, 1.165) is 12.8 Å². The molecule has 3 nitrogen and oxygen atoms in total. The number of H-pyrrole nitrogens is 1. The van der Waals surface area contributed by atoms with Gasteiger partial charge in [-0.05, 0) is 109 Å². The summed E-state index contributed by atoms with van der Waals surface area (Å²) in [6.45, 7) is 20.2. The second-order valence-corrected chi connectivity index (χ2v) is 17.2. The summed E-state index contributed by atoms with van der Waals surface area (Å²) >= 11 is 0. The number of aromatic nitrogens is 1. The van der Waals surface area contributed by atoms with Crippen molar-refractivity contribution < 1.29 is 9.53 Å². The van der Waals surface area contributed by atoms with Crippen LogP contribution in [0.4, 0.5) is 0 Å².